The van der Waals surface area contributed by atoms with Crippen LogP contribution in [0.2, 0.25) is 0 Å². The molecule has 0 N–H and O–H groups in total. The minimum Gasteiger partial charge on any atom is -0.286 e. The maximum absolute atomic E-state index is 11.5. The first kappa shape index (κ1) is 9.90. The van der Waals surface area contributed by atoms with Crippen LogP contribution in [0.15, 0.2) is 0 Å². The molecule has 0 atom stereocenters. The zero-order chi connectivity index (χ0) is 8.97. The second-order valence-corrected chi connectivity index (χ2v) is 5.06. The van der Waals surface area contributed by atoms with Crippen molar-refractivity contribution in [2.75, 3.05) is 6.54 Å². The predicted octanol–water partition coefficient (Wildman–Crippen LogP) is 2.45. The van der Waals surface area contributed by atoms with Crippen molar-refractivity contribution in [3.8, 4) is 0 Å². The van der Waals surface area contributed by atoms with Crippen molar-refractivity contribution in [1.82, 2.24) is 4.31 Å². The molecule has 70 valence electrons. The first-order chi connectivity index (χ1) is 5.70. The summed E-state index contributed by atoms with van der Waals surface area (Å²) in [4.78, 5) is 11.5. The molecule has 0 radical (unpaired) electrons. The second kappa shape index (κ2) is 4.75. The molecule has 1 aliphatic heterocycles. The van der Waals surface area contributed by atoms with Crippen LogP contribution in [-0.2, 0) is 4.79 Å². The van der Waals surface area contributed by atoms with Crippen LogP contribution in [0.5, 0.6) is 0 Å². The van der Waals surface area contributed by atoms with E-state index in [0.29, 0.717) is 11.2 Å². The van der Waals surface area contributed by atoms with Gasteiger partial charge in [0.25, 0.3) is 0 Å². The summed E-state index contributed by atoms with van der Waals surface area (Å²) < 4.78 is 1.94. The average Bonchev–Trinajstić information content (AvgIpc) is 2.16. The number of hydrogen-bond acceptors (Lipinski definition) is 2. The zero-order valence-electron chi connectivity index (χ0n) is 7.88. The predicted molar refractivity (Wildman–Crippen MR) is 52.9 cm³/mol. The lowest BCUT2D eigenvalue weighted by Crippen LogP contribution is -2.24. The molecule has 0 bridgehead atoms. The molecule has 0 saturated carbocycles. The highest BCUT2D eigenvalue weighted by Gasteiger charge is 2.17. The number of carbonyl (C=O) groups is 1. The lowest BCUT2D eigenvalue weighted by molar-refractivity contribution is -0.125. The highest BCUT2D eigenvalue weighted by molar-refractivity contribution is 7.98. The minimum absolute atomic E-state index is 0.325. The van der Waals surface area contributed by atoms with E-state index < -0.39 is 0 Å². The Labute approximate surface area is 78.8 Å². The Kier molecular flexibility index (Phi) is 3.92. The Bertz CT molecular complexity index is 159. The third kappa shape index (κ3) is 3.05. The average molecular weight is 187 g/mol. The lowest BCUT2D eigenvalue weighted by Gasteiger charge is -2.20. The zero-order valence-corrected chi connectivity index (χ0v) is 8.69. The van der Waals surface area contributed by atoms with E-state index >= 15 is 0 Å². The van der Waals surface area contributed by atoms with Crippen LogP contribution >= 0.6 is 11.9 Å². The van der Waals surface area contributed by atoms with E-state index in [1.54, 1.807) is 11.9 Å². The van der Waals surface area contributed by atoms with Crippen LogP contribution in [0.3, 0.4) is 0 Å². The molecule has 0 aliphatic carbocycles. The number of amides is 1. The number of nitrogens with zero attached hydrogens (tertiary/aromatic N) is 1. The standard InChI is InChI=1S/C9H17NOS/c1-8(2)12-10-7-5-3-4-6-9(10)11/h8H,3-7H2,1-2H3. The molecule has 1 fully saturated rings. The third-order valence-electron chi connectivity index (χ3n) is 1.87. The van der Waals surface area contributed by atoms with Gasteiger partial charge in [-0.3, -0.25) is 9.10 Å². The quantitative estimate of drug-likeness (QED) is 0.619. The molecular formula is C9H17NOS. The van der Waals surface area contributed by atoms with Gasteiger partial charge in [0.2, 0.25) is 5.91 Å². The smallest absolute Gasteiger partial charge is 0.232 e. The van der Waals surface area contributed by atoms with Gasteiger partial charge in [-0.15, -0.1) is 0 Å². The molecule has 0 aromatic carbocycles. The topological polar surface area (TPSA) is 20.3 Å². The van der Waals surface area contributed by atoms with E-state index in [1.165, 1.54) is 12.8 Å². The summed E-state index contributed by atoms with van der Waals surface area (Å²) in [5.74, 6) is 0.325. The fourth-order valence-corrected chi connectivity index (χ4v) is 2.28. The maximum Gasteiger partial charge on any atom is 0.232 e. The largest absolute Gasteiger partial charge is 0.286 e. The van der Waals surface area contributed by atoms with Gasteiger partial charge in [-0.1, -0.05) is 20.3 Å². The molecular weight excluding hydrogens is 170 g/mol. The van der Waals surface area contributed by atoms with Crippen molar-refractivity contribution in [2.24, 2.45) is 0 Å². The molecule has 0 spiro atoms. The fourth-order valence-electron chi connectivity index (χ4n) is 1.32. The monoisotopic (exact) mass is 187 g/mol. The van der Waals surface area contributed by atoms with Crippen LogP contribution < -0.4 is 0 Å². The van der Waals surface area contributed by atoms with Gasteiger partial charge < -0.3 is 0 Å². The van der Waals surface area contributed by atoms with Crippen LogP contribution in [0.25, 0.3) is 0 Å². The summed E-state index contributed by atoms with van der Waals surface area (Å²) in [5.41, 5.74) is 0. The van der Waals surface area contributed by atoms with Crippen molar-refractivity contribution in [3.05, 3.63) is 0 Å². The lowest BCUT2D eigenvalue weighted by atomic mass is 10.2. The molecule has 1 aliphatic rings. The summed E-state index contributed by atoms with van der Waals surface area (Å²) in [6.45, 7) is 5.20. The third-order valence-corrected chi connectivity index (χ3v) is 2.93. The van der Waals surface area contributed by atoms with E-state index in [1.807, 2.05) is 4.31 Å². The number of carbonyl (C=O) groups excluding carboxylic acids is 1. The van der Waals surface area contributed by atoms with Crippen molar-refractivity contribution in [1.29, 1.82) is 0 Å². The van der Waals surface area contributed by atoms with Gasteiger partial charge in [0.15, 0.2) is 0 Å². The van der Waals surface area contributed by atoms with Gasteiger partial charge in [-0.25, -0.2) is 0 Å². The second-order valence-electron chi connectivity index (χ2n) is 3.46. The van der Waals surface area contributed by atoms with Crippen molar-refractivity contribution >= 4 is 17.9 Å². The van der Waals surface area contributed by atoms with Crippen molar-refractivity contribution < 1.29 is 4.79 Å². The van der Waals surface area contributed by atoms with Crippen LogP contribution in [0.4, 0.5) is 0 Å². The van der Waals surface area contributed by atoms with E-state index in [0.717, 1.165) is 19.4 Å². The summed E-state index contributed by atoms with van der Waals surface area (Å²) in [6.07, 6.45) is 4.21. The van der Waals surface area contributed by atoms with Gasteiger partial charge >= 0.3 is 0 Å². The molecule has 3 heteroatoms. The van der Waals surface area contributed by atoms with E-state index in [9.17, 15) is 4.79 Å². The Hall–Kier alpha value is -0.180. The summed E-state index contributed by atoms with van der Waals surface area (Å²) >= 11 is 1.68. The minimum atomic E-state index is 0.325. The van der Waals surface area contributed by atoms with Crippen LogP contribution in [0, 0.1) is 0 Å². The summed E-state index contributed by atoms with van der Waals surface area (Å²) in [6, 6.07) is 0. The van der Waals surface area contributed by atoms with E-state index in [2.05, 4.69) is 13.8 Å². The molecule has 12 heavy (non-hydrogen) atoms. The molecule has 0 aromatic heterocycles. The Morgan fingerprint density at radius 3 is 2.75 bits per heavy atom. The molecule has 1 amide bonds. The Morgan fingerprint density at radius 2 is 2.08 bits per heavy atom. The molecule has 1 rings (SSSR count). The van der Waals surface area contributed by atoms with Gasteiger partial charge in [0, 0.05) is 18.2 Å². The molecule has 1 saturated heterocycles. The first-order valence-electron chi connectivity index (χ1n) is 4.67. The van der Waals surface area contributed by atoms with Crippen molar-refractivity contribution in [2.45, 2.75) is 44.8 Å². The molecule has 1 heterocycles. The van der Waals surface area contributed by atoms with Crippen LogP contribution in [-0.4, -0.2) is 22.0 Å². The normalized spacial score (nSPS) is 19.9. The van der Waals surface area contributed by atoms with Gasteiger partial charge in [0.1, 0.15) is 0 Å². The highest BCUT2D eigenvalue weighted by atomic mass is 32.2. The number of hydrogen-bond donors (Lipinski definition) is 0. The Morgan fingerprint density at radius 1 is 1.33 bits per heavy atom. The summed E-state index contributed by atoms with van der Waals surface area (Å²) in [7, 11) is 0. The Balaban J connectivity index is 2.42. The molecule has 0 unspecified atom stereocenters. The van der Waals surface area contributed by atoms with Gasteiger partial charge in [-0.2, -0.15) is 0 Å². The molecule has 2 nitrogen and oxygen atoms in total. The fraction of sp³-hybridized carbons (Fsp3) is 0.889. The van der Waals surface area contributed by atoms with Gasteiger partial charge in [-0.05, 0) is 24.8 Å². The maximum atomic E-state index is 11.5. The summed E-state index contributed by atoms with van der Waals surface area (Å²) in [5, 5.41) is 0.520. The SMILES string of the molecule is CC(C)SN1CCCCCC1=O. The highest BCUT2D eigenvalue weighted by Crippen LogP contribution is 2.22. The first-order valence-corrected chi connectivity index (χ1v) is 5.51. The van der Waals surface area contributed by atoms with E-state index in [4.69, 9.17) is 0 Å². The van der Waals surface area contributed by atoms with E-state index in [-0.39, 0.29) is 0 Å². The molecule has 0 aromatic rings. The van der Waals surface area contributed by atoms with Crippen molar-refractivity contribution in [3.63, 3.8) is 0 Å². The van der Waals surface area contributed by atoms with Gasteiger partial charge in [0.05, 0.1) is 0 Å². The number of rotatable bonds is 2. The van der Waals surface area contributed by atoms with Crippen LogP contribution in [0.1, 0.15) is 39.5 Å².